The van der Waals surface area contributed by atoms with Gasteiger partial charge in [-0.25, -0.2) is 8.42 Å². The fourth-order valence-electron chi connectivity index (χ4n) is 4.54. The number of halogens is 3. The lowest BCUT2D eigenvalue weighted by molar-refractivity contribution is -0.140. The van der Waals surface area contributed by atoms with Crippen LogP contribution in [0.1, 0.15) is 51.0 Å². The number of benzene rings is 2. The highest BCUT2D eigenvalue weighted by molar-refractivity contribution is 9.10. The van der Waals surface area contributed by atoms with Gasteiger partial charge in [-0.3, -0.25) is 13.9 Å². The maximum absolute atomic E-state index is 13.8. The normalized spacial score (nSPS) is 15.2. The number of hydrogen-bond acceptors (Lipinski definition) is 4. The van der Waals surface area contributed by atoms with Crippen LogP contribution in [0.15, 0.2) is 46.9 Å². The van der Waals surface area contributed by atoms with Crippen LogP contribution in [-0.2, 0) is 26.2 Å². The van der Waals surface area contributed by atoms with Gasteiger partial charge in [0.25, 0.3) is 0 Å². The fraction of sp³-hybridized carbons (Fsp3) is 0.462. The van der Waals surface area contributed by atoms with E-state index in [-0.39, 0.29) is 18.5 Å². The number of nitrogens with zero attached hydrogens (tertiary/aromatic N) is 2. The molecule has 1 aliphatic carbocycles. The molecule has 0 saturated heterocycles. The summed E-state index contributed by atoms with van der Waals surface area (Å²) in [6.07, 6.45) is 6.51. The summed E-state index contributed by atoms with van der Waals surface area (Å²) in [5, 5.41) is 3.83. The number of anilines is 1. The Morgan fingerprint density at radius 1 is 1.08 bits per heavy atom. The Balaban J connectivity index is 1.93. The Morgan fingerprint density at radius 2 is 1.78 bits per heavy atom. The first kappa shape index (κ1) is 29.7. The molecule has 0 aromatic heterocycles. The summed E-state index contributed by atoms with van der Waals surface area (Å²) in [4.78, 5) is 28.6. The SMILES string of the molecule is CC[C@@H](C(=O)NC1CCCCC1)N(Cc1ccc(Cl)c(Cl)c1)C(=O)CN(c1cccc(Br)c1)S(C)(=O)=O. The summed E-state index contributed by atoms with van der Waals surface area (Å²) in [7, 11) is -3.80. The topological polar surface area (TPSA) is 86.8 Å². The van der Waals surface area contributed by atoms with E-state index in [2.05, 4.69) is 21.2 Å². The van der Waals surface area contributed by atoms with Crippen molar-refractivity contribution in [1.82, 2.24) is 10.2 Å². The molecular formula is C26H32BrCl2N3O4S. The lowest BCUT2D eigenvalue weighted by Gasteiger charge is -2.34. The lowest BCUT2D eigenvalue weighted by atomic mass is 9.95. The van der Waals surface area contributed by atoms with Gasteiger partial charge < -0.3 is 10.2 Å². The maximum atomic E-state index is 13.8. The number of hydrogen-bond donors (Lipinski definition) is 1. The molecule has 3 rings (SSSR count). The van der Waals surface area contributed by atoms with Crippen molar-refractivity contribution < 1.29 is 18.0 Å². The second-order valence-corrected chi connectivity index (χ2v) is 12.9. The van der Waals surface area contributed by atoms with Crippen molar-refractivity contribution >= 4 is 66.7 Å². The van der Waals surface area contributed by atoms with Crippen molar-refractivity contribution in [2.24, 2.45) is 0 Å². The van der Waals surface area contributed by atoms with Gasteiger partial charge in [0.05, 0.1) is 22.0 Å². The van der Waals surface area contributed by atoms with Gasteiger partial charge in [0.1, 0.15) is 12.6 Å². The van der Waals surface area contributed by atoms with E-state index in [1.165, 1.54) is 4.90 Å². The molecule has 7 nitrogen and oxygen atoms in total. The molecular weight excluding hydrogens is 601 g/mol. The van der Waals surface area contributed by atoms with Gasteiger partial charge in [-0.1, -0.05) is 77.5 Å². The molecule has 0 heterocycles. The van der Waals surface area contributed by atoms with Crippen molar-refractivity contribution in [3.63, 3.8) is 0 Å². The second kappa shape index (κ2) is 13.3. The Kier molecular flexibility index (Phi) is 10.7. The standard InChI is InChI=1S/C26H32BrCl2N3O4S/c1-3-24(26(34)30-20-9-5-4-6-10-20)31(16-18-12-13-22(28)23(29)14-18)25(33)17-32(37(2,35)36)21-11-7-8-19(27)15-21/h7-8,11-15,20,24H,3-6,9-10,16-17H2,1-2H3,(H,30,34)/t24-/m0/s1. The van der Waals surface area contributed by atoms with Crippen molar-refractivity contribution in [3.05, 3.63) is 62.5 Å². The third-order valence-electron chi connectivity index (χ3n) is 6.45. The van der Waals surface area contributed by atoms with Gasteiger partial charge in [-0.15, -0.1) is 0 Å². The number of carbonyl (C=O) groups is 2. The molecule has 1 atom stereocenters. The molecule has 2 amide bonds. The number of amides is 2. The van der Waals surface area contributed by atoms with Crippen LogP contribution < -0.4 is 9.62 Å². The molecule has 1 fully saturated rings. The highest BCUT2D eigenvalue weighted by Gasteiger charge is 2.33. The molecule has 1 saturated carbocycles. The molecule has 2 aromatic rings. The summed E-state index contributed by atoms with van der Waals surface area (Å²) >= 11 is 15.6. The molecule has 0 aliphatic heterocycles. The van der Waals surface area contributed by atoms with Gasteiger partial charge in [0.2, 0.25) is 21.8 Å². The minimum atomic E-state index is -3.80. The highest BCUT2D eigenvalue weighted by atomic mass is 79.9. The Hall–Kier alpha value is -1.81. The van der Waals surface area contributed by atoms with Crippen molar-refractivity contribution in [1.29, 1.82) is 0 Å². The van der Waals surface area contributed by atoms with Crippen LogP contribution in [0.3, 0.4) is 0 Å². The molecule has 202 valence electrons. The third-order valence-corrected chi connectivity index (χ3v) is 8.82. The van der Waals surface area contributed by atoms with Crippen LogP contribution >= 0.6 is 39.1 Å². The van der Waals surface area contributed by atoms with Crippen LogP contribution in [0, 0.1) is 0 Å². The third kappa shape index (κ3) is 8.34. The summed E-state index contributed by atoms with van der Waals surface area (Å²) < 4.78 is 27.1. The maximum Gasteiger partial charge on any atom is 0.244 e. The quantitative estimate of drug-likeness (QED) is 0.360. The van der Waals surface area contributed by atoms with E-state index in [9.17, 15) is 18.0 Å². The number of sulfonamides is 1. The Labute approximate surface area is 237 Å². The summed E-state index contributed by atoms with van der Waals surface area (Å²) in [5.41, 5.74) is 1.03. The van der Waals surface area contributed by atoms with Crippen LogP contribution in [0.4, 0.5) is 5.69 Å². The first-order valence-corrected chi connectivity index (χ1v) is 15.7. The summed E-state index contributed by atoms with van der Waals surface area (Å²) in [6, 6.07) is 11.0. The van der Waals surface area contributed by atoms with Crippen molar-refractivity contribution in [2.45, 2.75) is 64.1 Å². The number of rotatable bonds is 10. The fourth-order valence-corrected chi connectivity index (χ4v) is 6.09. The van der Waals surface area contributed by atoms with Gasteiger partial charge in [0.15, 0.2) is 0 Å². The molecule has 0 unspecified atom stereocenters. The van der Waals surface area contributed by atoms with Gasteiger partial charge >= 0.3 is 0 Å². The molecule has 2 aromatic carbocycles. The van der Waals surface area contributed by atoms with E-state index in [0.717, 1.165) is 42.7 Å². The van der Waals surface area contributed by atoms with Gasteiger partial charge in [0, 0.05) is 17.1 Å². The van der Waals surface area contributed by atoms with Crippen molar-refractivity contribution in [3.8, 4) is 0 Å². The average Bonchev–Trinajstić information content (AvgIpc) is 2.84. The largest absolute Gasteiger partial charge is 0.352 e. The van der Waals surface area contributed by atoms with Crippen LogP contribution in [0.2, 0.25) is 10.0 Å². The predicted octanol–water partition coefficient (Wildman–Crippen LogP) is 5.78. The lowest BCUT2D eigenvalue weighted by Crippen LogP contribution is -2.53. The zero-order chi connectivity index (χ0) is 27.2. The monoisotopic (exact) mass is 631 g/mol. The predicted molar refractivity (Wildman–Crippen MR) is 152 cm³/mol. The smallest absolute Gasteiger partial charge is 0.244 e. The van der Waals surface area contributed by atoms with Crippen LogP contribution in [0.5, 0.6) is 0 Å². The molecule has 1 aliphatic rings. The molecule has 0 radical (unpaired) electrons. The van der Waals surface area contributed by atoms with E-state index in [1.54, 1.807) is 42.5 Å². The van der Waals surface area contributed by atoms with E-state index in [1.807, 2.05) is 6.92 Å². The first-order chi connectivity index (χ1) is 17.5. The zero-order valence-corrected chi connectivity index (χ0v) is 24.8. The minimum absolute atomic E-state index is 0.0718. The molecule has 0 spiro atoms. The molecule has 37 heavy (non-hydrogen) atoms. The van der Waals surface area contributed by atoms with Gasteiger partial charge in [-0.05, 0) is 55.2 Å². The molecule has 11 heteroatoms. The Morgan fingerprint density at radius 3 is 2.38 bits per heavy atom. The van der Waals surface area contributed by atoms with E-state index in [0.29, 0.717) is 32.2 Å². The number of nitrogens with one attached hydrogen (secondary N) is 1. The molecule has 0 bridgehead atoms. The van der Waals surface area contributed by atoms with E-state index >= 15 is 0 Å². The average molecular weight is 633 g/mol. The first-order valence-electron chi connectivity index (χ1n) is 12.3. The summed E-state index contributed by atoms with van der Waals surface area (Å²) in [6.45, 7) is 1.45. The highest BCUT2D eigenvalue weighted by Crippen LogP contribution is 2.26. The zero-order valence-electron chi connectivity index (χ0n) is 20.9. The molecule has 1 N–H and O–H groups in total. The van der Waals surface area contributed by atoms with Crippen LogP contribution in [0.25, 0.3) is 0 Å². The summed E-state index contributed by atoms with van der Waals surface area (Å²) in [5.74, 6) is -0.738. The van der Waals surface area contributed by atoms with Crippen LogP contribution in [-0.4, -0.2) is 50.0 Å². The minimum Gasteiger partial charge on any atom is -0.352 e. The number of carbonyl (C=O) groups excluding carboxylic acids is 2. The van der Waals surface area contributed by atoms with Gasteiger partial charge in [-0.2, -0.15) is 0 Å². The Bertz CT molecular complexity index is 1220. The van der Waals surface area contributed by atoms with E-state index < -0.39 is 28.5 Å². The van der Waals surface area contributed by atoms with Crippen molar-refractivity contribution in [2.75, 3.05) is 17.1 Å². The van der Waals surface area contributed by atoms with E-state index in [4.69, 9.17) is 23.2 Å². The second-order valence-electron chi connectivity index (χ2n) is 9.29.